The lowest BCUT2D eigenvalue weighted by atomic mass is 9.95. The van der Waals surface area contributed by atoms with Crippen molar-refractivity contribution in [2.75, 3.05) is 14.2 Å². The number of benzene rings is 2. The second-order valence-corrected chi connectivity index (χ2v) is 19.5. The number of halogens is 2. The first-order chi connectivity index (χ1) is 34.0. The molecule has 380 valence electrons. The maximum atomic E-state index is 14.0. The predicted octanol–water partition coefficient (Wildman–Crippen LogP) is 4.91. The number of aryl methyl sites for hydroxylation is 2. The molecule has 8 rings (SSSR count). The molecule has 0 bridgehead atoms. The lowest BCUT2D eigenvalue weighted by Gasteiger charge is -2.27. The third-order valence-corrected chi connectivity index (χ3v) is 14.8. The lowest BCUT2D eigenvalue weighted by Crippen LogP contribution is -2.52. The number of ketones is 1. The maximum absolute atomic E-state index is 14.0. The van der Waals surface area contributed by atoms with Gasteiger partial charge in [0, 0.05) is 28.7 Å². The van der Waals surface area contributed by atoms with Crippen LogP contribution in [0.25, 0.3) is 30.4 Å². The Hall–Kier alpha value is -7.48. The van der Waals surface area contributed by atoms with Crippen molar-refractivity contribution in [1.82, 2.24) is 48.3 Å². The first-order valence-corrected chi connectivity index (χ1v) is 23.8. The molecule has 0 saturated carbocycles. The Bertz CT molecular complexity index is 3610. The van der Waals surface area contributed by atoms with E-state index in [1.807, 2.05) is 6.92 Å². The minimum Gasteiger partial charge on any atom is -0.496 e. The number of aliphatic hydroxyl groups excluding tert-OH is 2. The van der Waals surface area contributed by atoms with E-state index < -0.39 is 69.9 Å². The number of carbonyl (C=O) groups excluding carboxylic acids is 1. The molecule has 2 atom stereocenters. The quantitative estimate of drug-likeness (QED) is 0.116. The number of ether oxygens (including phenoxy) is 2. The first-order valence-electron chi connectivity index (χ1n) is 22.1. The monoisotopic (exact) mass is 1030 g/mol. The number of rotatable bonds is 16. The van der Waals surface area contributed by atoms with Crippen LogP contribution in [0.2, 0.25) is 0 Å². The summed E-state index contributed by atoms with van der Waals surface area (Å²) in [6.45, 7) is 10.0. The molecule has 2 aromatic carbocycles. The number of Topliss-reactive ketones (excluding diaryl/α,β-unsaturated/α-hetero) is 1. The summed E-state index contributed by atoms with van der Waals surface area (Å²) in [5.74, 6) is -2.41. The zero-order chi connectivity index (χ0) is 52.7. The minimum absolute atomic E-state index is 0.0880. The molecule has 21 nitrogen and oxygen atoms in total. The summed E-state index contributed by atoms with van der Waals surface area (Å²) in [6.07, 6.45) is 3.83. The summed E-state index contributed by atoms with van der Waals surface area (Å²) in [6, 6.07) is 7.32. The van der Waals surface area contributed by atoms with Crippen molar-refractivity contribution in [2.24, 2.45) is 0 Å². The number of nitrogens with zero attached hydrogens (tertiary/aromatic N) is 10. The molecule has 0 aliphatic carbocycles. The number of carboxylic acids is 1. The molecule has 6 heterocycles. The number of carboxylic acid groups (broad SMARTS) is 1. The first kappa shape index (κ1) is 52.3. The number of methoxy groups -OCH3 is 2. The average Bonchev–Trinajstić information content (AvgIpc) is 4.17. The van der Waals surface area contributed by atoms with Crippen molar-refractivity contribution >= 4 is 54.9 Å². The van der Waals surface area contributed by atoms with Crippen molar-refractivity contribution in [2.45, 2.75) is 97.7 Å². The third-order valence-electron chi connectivity index (χ3n) is 12.2. The number of aliphatic carboxylic acids is 1. The summed E-state index contributed by atoms with van der Waals surface area (Å²) >= 11 is 2.15. The number of thiophene rings is 2. The molecule has 6 aromatic heterocycles. The third kappa shape index (κ3) is 9.30. The molecule has 0 spiro atoms. The van der Waals surface area contributed by atoms with Gasteiger partial charge in [-0.2, -0.15) is 20.4 Å². The highest BCUT2D eigenvalue weighted by molar-refractivity contribution is 7.21. The second-order valence-electron chi connectivity index (χ2n) is 17.5. The van der Waals surface area contributed by atoms with Gasteiger partial charge in [0.05, 0.1) is 62.9 Å². The Morgan fingerprint density at radius 2 is 1.04 bits per heavy atom. The van der Waals surface area contributed by atoms with Crippen molar-refractivity contribution in [3.05, 3.63) is 137 Å². The fourth-order valence-corrected chi connectivity index (χ4v) is 10.7. The zero-order valence-corrected chi connectivity index (χ0v) is 42.0. The molecule has 8 aromatic rings. The van der Waals surface area contributed by atoms with Gasteiger partial charge >= 0.3 is 17.3 Å². The predicted molar refractivity (Wildman–Crippen MR) is 262 cm³/mol. The van der Waals surface area contributed by atoms with E-state index in [4.69, 9.17) is 9.47 Å². The molecule has 72 heavy (non-hydrogen) atoms. The molecule has 0 aliphatic rings. The number of hydrogen-bond acceptors (Lipinski definition) is 16. The fraction of sp³-hybridized carbons (Fsp3) is 0.362. The average molecular weight is 1030 g/mol. The highest BCUT2D eigenvalue weighted by Gasteiger charge is 2.37. The van der Waals surface area contributed by atoms with Crippen molar-refractivity contribution in [3.8, 4) is 21.5 Å². The Morgan fingerprint density at radius 1 is 0.667 bits per heavy atom. The Kier molecular flexibility index (Phi) is 14.8. The topological polar surface area (TPSA) is 263 Å². The Morgan fingerprint density at radius 3 is 1.39 bits per heavy atom. The summed E-state index contributed by atoms with van der Waals surface area (Å²) < 4.78 is 42.4. The molecule has 0 unspecified atom stereocenters. The SMILES string of the molecule is CCCC(=O)C(C)(C)n1c(=O)c2c(C)c(-n3nccn3)sc2n(C[C@H](O)c2cc(F)ccc2OC)c1=O.COc1ccc(F)cc1[C@@H](O)Cn1c(=O)n(C(C)(C)C(=O)O)c(=O)c2c(C)c(-n3nccn3)sc21. The largest absolute Gasteiger partial charge is 0.496 e. The van der Waals surface area contributed by atoms with Crippen LogP contribution in [-0.2, 0) is 33.8 Å². The molecule has 3 N–H and O–H groups in total. The van der Waals surface area contributed by atoms with Crippen LogP contribution in [0.15, 0.2) is 80.4 Å². The van der Waals surface area contributed by atoms with E-state index in [2.05, 4.69) is 20.4 Å². The van der Waals surface area contributed by atoms with Gasteiger partial charge in [-0.1, -0.05) is 29.6 Å². The van der Waals surface area contributed by atoms with E-state index in [-0.39, 0.29) is 61.8 Å². The number of aromatic nitrogens is 10. The highest BCUT2D eigenvalue weighted by Crippen LogP contribution is 2.35. The van der Waals surface area contributed by atoms with Gasteiger partial charge in [-0.15, -0.1) is 9.59 Å². The molecular weight excluding hydrogens is 983 g/mol. The van der Waals surface area contributed by atoms with Gasteiger partial charge in [-0.05, 0) is 84.4 Å². The van der Waals surface area contributed by atoms with E-state index >= 15 is 0 Å². The molecular formula is C47H50F2N10O11S2. The molecule has 0 fully saturated rings. The Balaban J connectivity index is 0.000000212. The number of hydrogen-bond donors (Lipinski definition) is 3. The van der Waals surface area contributed by atoms with E-state index in [0.717, 1.165) is 43.9 Å². The summed E-state index contributed by atoms with van der Waals surface area (Å²) in [7, 11) is 2.75. The minimum atomic E-state index is -1.90. The fourth-order valence-electron chi connectivity index (χ4n) is 8.23. The van der Waals surface area contributed by atoms with Gasteiger partial charge in [0.1, 0.15) is 66.1 Å². The van der Waals surface area contributed by atoms with Gasteiger partial charge in [0.15, 0.2) is 5.78 Å². The van der Waals surface area contributed by atoms with Crippen LogP contribution < -0.4 is 32.0 Å². The number of aliphatic hydroxyl groups is 2. The van der Waals surface area contributed by atoms with Crippen molar-refractivity contribution < 1.29 is 43.2 Å². The Labute approximate surface area is 415 Å². The van der Waals surface area contributed by atoms with E-state index in [1.54, 1.807) is 13.8 Å². The maximum Gasteiger partial charge on any atom is 0.333 e. The molecule has 25 heteroatoms. The summed E-state index contributed by atoms with van der Waals surface area (Å²) in [5.41, 5.74) is -5.26. The second kappa shape index (κ2) is 20.3. The number of carbonyl (C=O) groups is 2. The summed E-state index contributed by atoms with van der Waals surface area (Å²) in [4.78, 5) is 82.8. The van der Waals surface area contributed by atoms with Crippen LogP contribution in [0.1, 0.15) is 81.9 Å². The highest BCUT2D eigenvalue weighted by atomic mass is 32.1. The zero-order valence-electron chi connectivity index (χ0n) is 40.4. The van der Waals surface area contributed by atoms with Gasteiger partial charge in [0.25, 0.3) is 11.1 Å². The van der Waals surface area contributed by atoms with Gasteiger partial charge < -0.3 is 24.8 Å². The molecule has 0 aliphatic heterocycles. The van der Waals surface area contributed by atoms with Crippen LogP contribution in [-0.4, -0.2) is 89.5 Å². The normalized spacial score (nSPS) is 12.7. The van der Waals surface area contributed by atoms with E-state index in [0.29, 0.717) is 32.1 Å². The van der Waals surface area contributed by atoms with Crippen molar-refractivity contribution in [1.29, 1.82) is 0 Å². The molecule has 0 radical (unpaired) electrons. The number of fused-ring (bicyclic) bond motifs is 2. The van der Waals surface area contributed by atoms with Crippen LogP contribution in [0.4, 0.5) is 8.78 Å². The van der Waals surface area contributed by atoms with E-state index in [1.165, 1.54) is 105 Å². The van der Waals surface area contributed by atoms with Gasteiger partial charge in [-0.25, -0.2) is 32.3 Å². The van der Waals surface area contributed by atoms with Crippen LogP contribution >= 0.6 is 22.7 Å². The smallest absolute Gasteiger partial charge is 0.333 e. The van der Waals surface area contributed by atoms with Crippen LogP contribution in [0, 0.1) is 25.5 Å². The van der Waals surface area contributed by atoms with Gasteiger partial charge in [0.2, 0.25) is 0 Å². The standard InChI is InChI=1S/C25H28FN5O5S.C22H22FN5O6S/c1-6-7-19(33)25(3,4)30-21(34)20-14(2)22(31-27-10-11-28-31)37-23(20)29(24(30)35)13-17(32)16-12-15(26)8-9-18(16)36-5;1-11-16-17(30)27(22(2,3)20(31)32)21(33)26(19(16)35-18(11)28-24-7-8-25-28)10-14(29)13-9-12(23)5-6-15(13)34-4/h8-12,17,32H,6-7,13H2,1-5H3;5-9,14,29H,10H2,1-4H3,(H,31,32)/t17-;14-/m00/s1. The lowest BCUT2D eigenvalue weighted by molar-refractivity contribution is -0.146. The summed E-state index contributed by atoms with van der Waals surface area (Å²) in [5, 5.41) is 49.6. The van der Waals surface area contributed by atoms with Crippen LogP contribution in [0.3, 0.4) is 0 Å². The van der Waals surface area contributed by atoms with Crippen molar-refractivity contribution in [3.63, 3.8) is 0 Å². The van der Waals surface area contributed by atoms with Gasteiger partial charge in [-0.3, -0.25) is 23.5 Å². The molecule has 0 amide bonds. The van der Waals surface area contributed by atoms with Crippen LogP contribution in [0.5, 0.6) is 11.5 Å². The molecule has 0 saturated heterocycles. The van der Waals surface area contributed by atoms with E-state index in [9.17, 15) is 52.9 Å².